The molecule has 1 aliphatic rings. The van der Waals surface area contributed by atoms with Gasteiger partial charge in [-0.2, -0.15) is 0 Å². The van der Waals surface area contributed by atoms with E-state index in [9.17, 15) is 0 Å². The summed E-state index contributed by atoms with van der Waals surface area (Å²) in [6, 6.07) is 4.58. The van der Waals surface area contributed by atoms with E-state index in [0.29, 0.717) is 6.04 Å². The highest BCUT2D eigenvalue weighted by Gasteiger charge is 2.15. The fraction of sp³-hybridized carbons (Fsp3) is 0.500. The van der Waals surface area contributed by atoms with Crippen LogP contribution in [0.2, 0.25) is 0 Å². The molecule has 0 radical (unpaired) electrons. The van der Waals surface area contributed by atoms with Crippen molar-refractivity contribution in [3.8, 4) is 0 Å². The van der Waals surface area contributed by atoms with Gasteiger partial charge in [-0.25, -0.2) is 0 Å². The fourth-order valence-electron chi connectivity index (χ4n) is 1.75. The largest absolute Gasteiger partial charge is 0.327 e. The van der Waals surface area contributed by atoms with Crippen LogP contribution in [0.25, 0.3) is 0 Å². The van der Waals surface area contributed by atoms with Gasteiger partial charge in [0.1, 0.15) is 0 Å². The van der Waals surface area contributed by atoms with E-state index in [2.05, 4.69) is 17.1 Å². The maximum atomic E-state index is 5.86. The van der Waals surface area contributed by atoms with Gasteiger partial charge in [0.05, 0.1) is 0 Å². The quantitative estimate of drug-likeness (QED) is 0.622. The van der Waals surface area contributed by atoms with Crippen LogP contribution in [0.5, 0.6) is 0 Å². The summed E-state index contributed by atoms with van der Waals surface area (Å²) in [5.74, 6) is 0. The lowest BCUT2D eigenvalue weighted by atomic mass is 9.92. The third kappa shape index (κ3) is 1.34. The number of pyridine rings is 1. The van der Waals surface area contributed by atoms with Gasteiger partial charge in [-0.15, -0.1) is 0 Å². The molecule has 1 aromatic heterocycles. The number of aromatic nitrogens is 1. The number of rotatable bonds is 0. The minimum Gasteiger partial charge on any atom is -0.327 e. The molecule has 2 N–H and O–H groups in total. The Bertz CT molecular complexity index is 294. The van der Waals surface area contributed by atoms with Crippen LogP contribution in [-0.4, -0.2) is 11.0 Å². The molecule has 12 heavy (non-hydrogen) atoms. The van der Waals surface area contributed by atoms with Gasteiger partial charge >= 0.3 is 0 Å². The first-order chi connectivity index (χ1) is 5.75. The van der Waals surface area contributed by atoms with E-state index in [1.807, 2.05) is 6.92 Å². The molecule has 2 nitrogen and oxygen atoms in total. The van der Waals surface area contributed by atoms with Gasteiger partial charge in [0.25, 0.3) is 0 Å². The van der Waals surface area contributed by atoms with E-state index in [1.165, 1.54) is 11.3 Å². The van der Waals surface area contributed by atoms with Gasteiger partial charge in [0.2, 0.25) is 0 Å². The van der Waals surface area contributed by atoms with Gasteiger partial charge in [0.15, 0.2) is 0 Å². The number of hydrogen-bond donors (Lipinski definition) is 1. The Labute approximate surface area is 72.8 Å². The van der Waals surface area contributed by atoms with Crippen molar-refractivity contribution in [1.82, 2.24) is 4.98 Å². The summed E-state index contributed by atoms with van der Waals surface area (Å²) < 4.78 is 0. The van der Waals surface area contributed by atoms with Crippen molar-refractivity contribution in [3.05, 3.63) is 29.1 Å². The number of nitrogens with two attached hydrogens (primary N) is 1. The average Bonchev–Trinajstić information content (AvgIpc) is 2.05. The summed E-state index contributed by atoms with van der Waals surface area (Å²) in [7, 11) is 0. The Balaban J connectivity index is 2.37. The molecule has 1 unspecified atom stereocenters. The molecular formula is C10H14N2. The highest BCUT2D eigenvalue weighted by molar-refractivity contribution is 5.26. The summed E-state index contributed by atoms with van der Waals surface area (Å²) in [5.41, 5.74) is 9.58. The molecule has 1 aromatic rings. The maximum absolute atomic E-state index is 5.86. The molecule has 64 valence electrons. The molecule has 1 heterocycles. The minimum absolute atomic E-state index is 0.349. The molecule has 0 fully saturated rings. The predicted molar refractivity (Wildman–Crippen MR) is 49.0 cm³/mol. The lowest BCUT2D eigenvalue weighted by Gasteiger charge is -2.20. The van der Waals surface area contributed by atoms with Crippen LogP contribution in [0.15, 0.2) is 12.1 Å². The Morgan fingerprint density at radius 3 is 3.17 bits per heavy atom. The Hall–Kier alpha value is -0.890. The summed E-state index contributed by atoms with van der Waals surface area (Å²) in [6.45, 7) is 2.04. The van der Waals surface area contributed by atoms with Crippen molar-refractivity contribution < 1.29 is 0 Å². The average molecular weight is 162 g/mol. The first kappa shape index (κ1) is 7.74. The van der Waals surface area contributed by atoms with Crippen molar-refractivity contribution in [1.29, 1.82) is 0 Å². The highest BCUT2D eigenvalue weighted by atomic mass is 14.7. The van der Waals surface area contributed by atoms with Crippen LogP contribution in [0.1, 0.15) is 23.4 Å². The minimum atomic E-state index is 0.349. The first-order valence-corrected chi connectivity index (χ1v) is 4.46. The van der Waals surface area contributed by atoms with E-state index in [0.717, 1.165) is 25.0 Å². The smallest absolute Gasteiger partial charge is 0.0439 e. The van der Waals surface area contributed by atoms with Crippen molar-refractivity contribution in [3.63, 3.8) is 0 Å². The van der Waals surface area contributed by atoms with Crippen molar-refractivity contribution in [2.24, 2.45) is 5.73 Å². The Morgan fingerprint density at radius 2 is 2.33 bits per heavy atom. The van der Waals surface area contributed by atoms with Crippen molar-refractivity contribution in [2.45, 2.75) is 32.2 Å². The second-order valence-corrected chi connectivity index (χ2v) is 3.56. The van der Waals surface area contributed by atoms with Crippen LogP contribution >= 0.6 is 0 Å². The molecule has 1 aliphatic carbocycles. The van der Waals surface area contributed by atoms with E-state index in [-0.39, 0.29) is 0 Å². The standard InChI is InChI=1S/C10H14N2/c1-7-2-3-8-6-9(11)4-5-10(8)12-7/h2-3,9H,4-6,11H2,1H3. The predicted octanol–water partition coefficient (Wildman–Crippen LogP) is 1.21. The molecule has 0 bridgehead atoms. The van der Waals surface area contributed by atoms with Gasteiger partial charge < -0.3 is 5.73 Å². The lowest BCUT2D eigenvalue weighted by Crippen LogP contribution is -2.28. The SMILES string of the molecule is Cc1ccc2c(n1)CCC(N)C2. The van der Waals surface area contributed by atoms with Crippen molar-refractivity contribution >= 4 is 0 Å². The number of aryl methyl sites for hydroxylation is 2. The normalized spacial score (nSPS) is 22.0. The molecule has 0 spiro atoms. The topological polar surface area (TPSA) is 38.9 Å². The zero-order chi connectivity index (χ0) is 8.55. The van der Waals surface area contributed by atoms with Crippen LogP contribution in [0.3, 0.4) is 0 Å². The van der Waals surface area contributed by atoms with Crippen molar-refractivity contribution in [2.75, 3.05) is 0 Å². The lowest BCUT2D eigenvalue weighted by molar-refractivity contribution is 0.565. The number of nitrogens with zero attached hydrogens (tertiary/aromatic N) is 1. The number of fused-ring (bicyclic) bond motifs is 1. The van der Waals surface area contributed by atoms with Crippen LogP contribution in [-0.2, 0) is 12.8 Å². The van der Waals surface area contributed by atoms with Gasteiger partial charge in [0, 0.05) is 17.4 Å². The highest BCUT2D eigenvalue weighted by Crippen LogP contribution is 2.18. The third-order valence-corrected chi connectivity index (χ3v) is 2.44. The molecular weight excluding hydrogens is 148 g/mol. The van der Waals surface area contributed by atoms with E-state index >= 15 is 0 Å². The molecule has 0 aromatic carbocycles. The summed E-state index contributed by atoms with van der Waals surface area (Å²) >= 11 is 0. The maximum Gasteiger partial charge on any atom is 0.0439 e. The number of hydrogen-bond acceptors (Lipinski definition) is 2. The zero-order valence-electron chi connectivity index (χ0n) is 7.38. The third-order valence-electron chi connectivity index (χ3n) is 2.44. The van der Waals surface area contributed by atoms with Gasteiger partial charge in [-0.1, -0.05) is 6.07 Å². The molecule has 2 heteroatoms. The monoisotopic (exact) mass is 162 g/mol. The second-order valence-electron chi connectivity index (χ2n) is 3.56. The summed E-state index contributed by atoms with van der Waals surface area (Å²) in [6.07, 6.45) is 3.14. The molecule has 1 atom stereocenters. The summed E-state index contributed by atoms with van der Waals surface area (Å²) in [5, 5.41) is 0. The van der Waals surface area contributed by atoms with E-state index < -0.39 is 0 Å². The fourth-order valence-corrected chi connectivity index (χ4v) is 1.75. The molecule has 0 aliphatic heterocycles. The van der Waals surface area contributed by atoms with E-state index in [4.69, 9.17) is 5.73 Å². The zero-order valence-corrected chi connectivity index (χ0v) is 7.38. The second kappa shape index (κ2) is 2.87. The molecule has 0 saturated heterocycles. The van der Waals surface area contributed by atoms with E-state index in [1.54, 1.807) is 0 Å². The summed E-state index contributed by atoms with van der Waals surface area (Å²) in [4.78, 5) is 4.49. The Kier molecular flexibility index (Phi) is 1.85. The van der Waals surface area contributed by atoms with Crippen LogP contribution in [0.4, 0.5) is 0 Å². The van der Waals surface area contributed by atoms with Crippen LogP contribution < -0.4 is 5.73 Å². The Morgan fingerprint density at radius 1 is 1.50 bits per heavy atom. The molecule has 2 rings (SSSR count). The first-order valence-electron chi connectivity index (χ1n) is 4.46. The molecule has 0 amide bonds. The van der Waals surface area contributed by atoms with Gasteiger partial charge in [-0.3, -0.25) is 4.98 Å². The molecule has 0 saturated carbocycles. The van der Waals surface area contributed by atoms with Crippen LogP contribution in [0, 0.1) is 6.92 Å². The van der Waals surface area contributed by atoms with Gasteiger partial charge in [-0.05, 0) is 37.8 Å².